The molecular weight excluding hydrogens is 126 g/mol. The van der Waals surface area contributed by atoms with Crippen LogP contribution in [0.5, 0.6) is 0 Å². The third kappa shape index (κ3) is 1.93. The Morgan fingerprint density at radius 3 is 2.86 bits per heavy atom. The van der Waals surface area contributed by atoms with Crippen molar-refractivity contribution in [3.63, 3.8) is 0 Å². The molecule has 42 valence electrons. The zero-order chi connectivity index (χ0) is 5.11. The first-order chi connectivity index (χ1) is 3.39. The van der Waals surface area contributed by atoms with Crippen molar-refractivity contribution in [2.24, 2.45) is 0 Å². The van der Waals surface area contributed by atoms with E-state index in [1.165, 1.54) is 12.2 Å². The maximum absolute atomic E-state index is 3.17. The molecule has 0 aromatic heterocycles. The Balaban J connectivity index is 2.12. The molecule has 1 rings (SSSR count). The molecule has 1 N–H and O–H groups in total. The van der Waals surface area contributed by atoms with Crippen LogP contribution >= 0.6 is 23.9 Å². The van der Waals surface area contributed by atoms with E-state index in [-0.39, 0.29) is 0 Å². The van der Waals surface area contributed by atoms with E-state index >= 15 is 0 Å². The molecule has 7 heavy (non-hydrogen) atoms. The molecule has 0 saturated carbocycles. The zero-order valence-electron chi connectivity index (χ0n) is 4.31. The van der Waals surface area contributed by atoms with Crippen molar-refractivity contribution in [1.29, 1.82) is 0 Å². The van der Waals surface area contributed by atoms with Crippen LogP contribution in [0.3, 0.4) is 0 Å². The van der Waals surface area contributed by atoms with Gasteiger partial charge in [0, 0.05) is 11.0 Å². The van der Waals surface area contributed by atoms with Gasteiger partial charge in [-0.3, -0.25) is 0 Å². The van der Waals surface area contributed by atoms with E-state index in [0.717, 1.165) is 5.25 Å². The van der Waals surface area contributed by atoms with Crippen molar-refractivity contribution in [3.8, 4) is 0 Å². The monoisotopic (exact) mass is 135 g/mol. The van der Waals surface area contributed by atoms with Crippen LogP contribution in [-0.2, 0) is 0 Å². The van der Waals surface area contributed by atoms with Crippen LogP contribution in [-0.4, -0.2) is 11.0 Å². The van der Waals surface area contributed by atoms with Gasteiger partial charge in [0.1, 0.15) is 0 Å². The third-order valence-corrected chi connectivity index (χ3v) is 2.87. The standard InChI is InChI=1S/C4H9NS2/c1-4-2-3-6-5-7-4/h4-5H,2-3H2,1H3. The van der Waals surface area contributed by atoms with Crippen molar-refractivity contribution < 1.29 is 0 Å². The van der Waals surface area contributed by atoms with Crippen molar-refractivity contribution in [2.45, 2.75) is 18.6 Å². The summed E-state index contributed by atoms with van der Waals surface area (Å²) in [5.41, 5.74) is 0. The number of nitrogens with one attached hydrogen (secondary N) is 1. The van der Waals surface area contributed by atoms with Gasteiger partial charge in [0.05, 0.1) is 0 Å². The first kappa shape index (κ1) is 5.79. The lowest BCUT2D eigenvalue weighted by molar-refractivity contribution is 0.906. The highest BCUT2D eigenvalue weighted by atomic mass is 32.2. The van der Waals surface area contributed by atoms with E-state index in [1.54, 1.807) is 0 Å². The van der Waals surface area contributed by atoms with E-state index < -0.39 is 0 Å². The van der Waals surface area contributed by atoms with Crippen LogP contribution in [0.2, 0.25) is 0 Å². The lowest BCUT2D eigenvalue weighted by atomic mass is 10.4. The van der Waals surface area contributed by atoms with E-state index in [0.29, 0.717) is 0 Å². The molecule has 0 bridgehead atoms. The number of rotatable bonds is 0. The predicted octanol–water partition coefficient (Wildman–Crippen LogP) is 1.66. The highest BCUT2D eigenvalue weighted by Crippen LogP contribution is 2.21. The summed E-state index contributed by atoms with van der Waals surface area (Å²) in [6.07, 6.45) is 1.35. The number of hydrogen-bond donors (Lipinski definition) is 1. The molecule has 1 nitrogen and oxygen atoms in total. The third-order valence-electron chi connectivity index (χ3n) is 0.935. The summed E-state index contributed by atoms with van der Waals surface area (Å²) in [5, 5.41) is 0.821. The van der Waals surface area contributed by atoms with Crippen LogP contribution in [0.1, 0.15) is 13.3 Å². The maximum Gasteiger partial charge on any atom is 0.0181 e. The summed E-state index contributed by atoms with van der Waals surface area (Å²) in [5.74, 6) is 1.27. The molecule has 1 fully saturated rings. The molecule has 3 heteroatoms. The Bertz CT molecular complexity index is 51.7. The average molecular weight is 135 g/mol. The first-order valence-corrected chi connectivity index (χ1v) is 4.28. The van der Waals surface area contributed by atoms with Gasteiger partial charge in [-0.15, -0.1) is 0 Å². The van der Waals surface area contributed by atoms with Gasteiger partial charge < -0.3 is 0 Å². The Morgan fingerprint density at radius 1 is 1.71 bits per heavy atom. The second-order valence-corrected chi connectivity index (χ2v) is 4.05. The summed E-state index contributed by atoms with van der Waals surface area (Å²) in [6.45, 7) is 2.25. The average Bonchev–Trinajstić information content (AvgIpc) is 1.69. The van der Waals surface area contributed by atoms with Crippen molar-refractivity contribution in [2.75, 3.05) is 5.75 Å². The quantitative estimate of drug-likeness (QED) is 0.507. The predicted molar refractivity (Wildman–Crippen MR) is 37.3 cm³/mol. The van der Waals surface area contributed by atoms with Gasteiger partial charge in [-0.2, -0.15) is 0 Å². The van der Waals surface area contributed by atoms with E-state index in [1.807, 2.05) is 23.9 Å². The van der Waals surface area contributed by atoms with Crippen LogP contribution in [0.4, 0.5) is 0 Å². The molecule has 0 amide bonds. The summed E-state index contributed by atoms with van der Waals surface area (Å²) in [7, 11) is 0. The maximum atomic E-state index is 3.17. The molecule has 0 aromatic carbocycles. The van der Waals surface area contributed by atoms with Crippen LogP contribution in [0.25, 0.3) is 0 Å². The Kier molecular flexibility index (Phi) is 2.35. The fourth-order valence-electron chi connectivity index (χ4n) is 0.442. The SMILES string of the molecule is CC1CCSNS1. The summed E-state index contributed by atoms with van der Waals surface area (Å²) < 4.78 is 3.17. The molecular formula is C4H9NS2. The van der Waals surface area contributed by atoms with Crippen LogP contribution in [0.15, 0.2) is 0 Å². The lowest BCUT2D eigenvalue weighted by Gasteiger charge is -2.15. The zero-order valence-corrected chi connectivity index (χ0v) is 5.94. The van der Waals surface area contributed by atoms with Crippen molar-refractivity contribution >= 4 is 23.9 Å². The molecule has 0 radical (unpaired) electrons. The Labute approximate surface area is 52.9 Å². The minimum absolute atomic E-state index is 0.821. The van der Waals surface area contributed by atoms with Gasteiger partial charge >= 0.3 is 0 Å². The fraction of sp³-hybridized carbons (Fsp3) is 1.00. The largest absolute Gasteiger partial charge is 0.208 e. The van der Waals surface area contributed by atoms with Crippen molar-refractivity contribution in [1.82, 2.24) is 4.13 Å². The minimum Gasteiger partial charge on any atom is -0.208 e. The van der Waals surface area contributed by atoms with Gasteiger partial charge in [0.2, 0.25) is 0 Å². The van der Waals surface area contributed by atoms with E-state index in [2.05, 4.69) is 11.1 Å². The second-order valence-electron chi connectivity index (χ2n) is 1.65. The molecule has 1 unspecified atom stereocenters. The van der Waals surface area contributed by atoms with Gasteiger partial charge in [0.25, 0.3) is 0 Å². The highest BCUT2D eigenvalue weighted by molar-refractivity contribution is 8.13. The van der Waals surface area contributed by atoms with Gasteiger partial charge in [-0.05, 0) is 6.42 Å². The smallest absolute Gasteiger partial charge is 0.0181 e. The fourth-order valence-corrected chi connectivity index (χ4v) is 2.56. The summed E-state index contributed by atoms with van der Waals surface area (Å²) >= 11 is 3.64. The summed E-state index contributed by atoms with van der Waals surface area (Å²) in [4.78, 5) is 0. The van der Waals surface area contributed by atoms with Crippen LogP contribution < -0.4 is 4.13 Å². The number of hydrogen-bond acceptors (Lipinski definition) is 3. The first-order valence-electron chi connectivity index (χ1n) is 2.42. The van der Waals surface area contributed by atoms with Crippen LogP contribution in [0, 0.1) is 0 Å². The topological polar surface area (TPSA) is 12.0 Å². The Hall–Kier alpha value is 0.660. The van der Waals surface area contributed by atoms with Gasteiger partial charge in [-0.25, -0.2) is 4.13 Å². The second kappa shape index (κ2) is 2.84. The molecule has 0 aliphatic carbocycles. The van der Waals surface area contributed by atoms with E-state index in [4.69, 9.17) is 0 Å². The Morgan fingerprint density at radius 2 is 2.57 bits per heavy atom. The van der Waals surface area contributed by atoms with Gasteiger partial charge in [0.15, 0.2) is 0 Å². The summed E-state index contributed by atoms with van der Waals surface area (Å²) in [6, 6.07) is 0. The molecule has 0 spiro atoms. The molecule has 1 aliphatic heterocycles. The van der Waals surface area contributed by atoms with Crippen molar-refractivity contribution in [3.05, 3.63) is 0 Å². The lowest BCUT2D eigenvalue weighted by Crippen LogP contribution is -2.11. The normalized spacial score (nSPS) is 33.0. The van der Waals surface area contributed by atoms with Gasteiger partial charge in [-0.1, -0.05) is 30.8 Å². The molecule has 0 aromatic rings. The molecule has 1 saturated heterocycles. The van der Waals surface area contributed by atoms with E-state index in [9.17, 15) is 0 Å². The molecule has 1 atom stereocenters. The highest BCUT2D eigenvalue weighted by Gasteiger charge is 2.06. The minimum atomic E-state index is 0.821. The molecule has 1 heterocycles. The molecule has 1 aliphatic rings.